The summed E-state index contributed by atoms with van der Waals surface area (Å²) in [4.78, 5) is 0. The van der Waals surface area contributed by atoms with Gasteiger partial charge in [0.1, 0.15) is 5.82 Å². The first-order chi connectivity index (χ1) is 8.04. The highest BCUT2D eigenvalue weighted by molar-refractivity contribution is 5.34. The van der Waals surface area contributed by atoms with Crippen molar-refractivity contribution in [1.82, 2.24) is 5.32 Å². The number of benzene rings is 1. The van der Waals surface area contributed by atoms with Gasteiger partial charge in [0.15, 0.2) is 0 Å². The molecule has 0 aromatic heterocycles. The molecule has 92 valence electrons. The molecular weight excluding hydrogens is 219 g/mol. The van der Waals surface area contributed by atoms with Crippen LogP contribution in [0.1, 0.15) is 37.4 Å². The van der Waals surface area contributed by atoms with Gasteiger partial charge < -0.3 is 10.4 Å². The molecule has 0 aliphatic carbocycles. The molecular formula is C13H17FN2O. The van der Waals surface area contributed by atoms with Gasteiger partial charge in [-0.15, -0.1) is 0 Å². The number of nitrogens with zero attached hydrogens (tertiary/aromatic N) is 1. The standard InChI is InChI=1S/C13H17FN2O/c1-9(17)5-6-16-10(2)12-4-3-11(8-15)7-13(12)14/h3-4,7,9-10,16-17H,5-6H2,1-2H3. The molecule has 0 amide bonds. The van der Waals surface area contributed by atoms with Crippen LogP contribution in [0.15, 0.2) is 18.2 Å². The van der Waals surface area contributed by atoms with Crippen LogP contribution >= 0.6 is 0 Å². The molecule has 4 heteroatoms. The first kappa shape index (κ1) is 13.6. The molecule has 1 aromatic carbocycles. The average Bonchev–Trinajstić information content (AvgIpc) is 2.28. The minimum absolute atomic E-state index is 0.138. The second-order valence-electron chi connectivity index (χ2n) is 4.16. The van der Waals surface area contributed by atoms with Crippen LogP contribution in [0.3, 0.4) is 0 Å². The van der Waals surface area contributed by atoms with Crippen molar-refractivity contribution in [3.05, 3.63) is 35.1 Å². The Hall–Kier alpha value is -1.44. The minimum atomic E-state index is -0.374. The summed E-state index contributed by atoms with van der Waals surface area (Å²) in [6.07, 6.45) is 0.267. The summed E-state index contributed by atoms with van der Waals surface area (Å²) in [5.74, 6) is -0.374. The van der Waals surface area contributed by atoms with Gasteiger partial charge in [-0.25, -0.2) is 4.39 Å². The quantitative estimate of drug-likeness (QED) is 0.823. The number of hydrogen-bond acceptors (Lipinski definition) is 3. The third-order valence-corrected chi connectivity index (χ3v) is 2.61. The molecule has 0 radical (unpaired) electrons. The van der Waals surface area contributed by atoms with E-state index < -0.39 is 0 Å². The van der Waals surface area contributed by atoms with Crippen LogP contribution in [0.4, 0.5) is 4.39 Å². The highest BCUT2D eigenvalue weighted by atomic mass is 19.1. The Morgan fingerprint density at radius 1 is 1.47 bits per heavy atom. The largest absolute Gasteiger partial charge is 0.393 e. The van der Waals surface area contributed by atoms with Gasteiger partial charge in [0.05, 0.1) is 17.7 Å². The van der Waals surface area contributed by atoms with Gasteiger partial charge in [-0.3, -0.25) is 0 Å². The number of aliphatic hydroxyl groups excluding tert-OH is 1. The second-order valence-corrected chi connectivity index (χ2v) is 4.16. The number of aliphatic hydroxyl groups is 1. The van der Waals surface area contributed by atoms with E-state index in [1.165, 1.54) is 6.07 Å². The average molecular weight is 236 g/mol. The predicted molar refractivity (Wildman–Crippen MR) is 63.8 cm³/mol. The van der Waals surface area contributed by atoms with E-state index in [-0.39, 0.29) is 18.0 Å². The van der Waals surface area contributed by atoms with Crippen LogP contribution in [-0.4, -0.2) is 17.8 Å². The normalized spacial score (nSPS) is 14.1. The zero-order valence-corrected chi connectivity index (χ0v) is 10.1. The lowest BCUT2D eigenvalue weighted by Gasteiger charge is -2.15. The lowest BCUT2D eigenvalue weighted by molar-refractivity contribution is 0.182. The van der Waals surface area contributed by atoms with Crippen molar-refractivity contribution in [2.24, 2.45) is 0 Å². The zero-order chi connectivity index (χ0) is 12.8. The SMILES string of the molecule is CC(O)CCNC(C)c1ccc(C#N)cc1F. The summed E-state index contributed by atoms with van der Waals surface area (Å²) in [5, 5.41) is 20.9. The smallest absolute Gasteiger partial charge is 0.129 e. The van der Waals surface area contributed by atoms with Crippen molar-refractivity contribution in [2.45, 2.75) is 32.4 Å². The minimum Gasteiger partial charge on any atom is -0.393 e. The first-order valence-electron chi connectivity index (χ1n) is 5.65. The van der Waals surface area contributed by atoms with Crippen LogP contribution < -0.4 is 5.32 Å². The maximum absolute atomic E-state index is 13.6. The van der Waals surface area contributed by atoms with Gasteiger partial charge in [0.2, 0.25) is 0 Å². The number of nitriles is 1. The number of nitrogens with one attached hydrogen (secondary N) is 1. The van der Waals surface area contributed by atoms with E-state index in [0.29, 0.717) is 24.1 Å². The number of hydrogen-bond donors (Lipinski definition) is 2. The van der Waals surface area contributed by atoms with Gasteiger partial charge in [-0.05, 0) is 38.9 Å². The summed E-state index contributed by atoms with van der Waals surface area (Å²) in [7, 11) is 0. The van der Waals surface area contributed by atoms with Gasteiger partial charge >= 0.3 is 0 Å². The molecule has 0 aliphatic rings. The van der Waals surface area contributed by atoms with Crippen LogP contribution in [0.25, 0.3) is 0 Å². The van der Waals surface area contributed by atoms with E-state index in [0.717, 1.165) is 0 Å². The molecule has 2 atom stereocenters. The van der Waals surface area contributed by atoms with Crippen LogP contribution in [0, 0.1) is 17.1 Å². The molecule has 0 saturated carbocycles. The fourth-order valence-corrected chi connectivity index (χ4v) is 1.57. The van der Waals surface area contributed by atoms with E-state index in [1.54, 1.807) is 19.1 Å². The van der Waals surface area contributed by atoms with E-state index >= 15 is 0 Å². The summed E-state index contributed by atoms with van der Waals surface area (Å²) in [6.45, 7) is 4.19. The monoisotopic (exact) mass is 236 g/mol. The summed E-state index contributed by atoms with van der Waals surface area (Å²) < 4.78 is 13.6. The van der Waals surface area contributed by atoms with E-state index in [1.807, 2.05) is 13.0 Å². The van der Waals surface area contributed by atoms with Gasteiger partial charge in [-0.2, -0.15) is 5.26 Å². The van der Waals surface area contributed by atoms with Crippen LogP contribution in [-0.2, 0) is 0 Å². The molecule has 17 heavy (non-hydrogen) atoms. The molecule has 1 rings (SSSR count). The maximum Gasteiger partial charge on any atom is 0.129 e. The van der Waals surface area contributed by atoms with Gasteiger partial charge in [0, 0.05) is 11.6 Å². The van der Waals surface area contributed by atoms with Crippen molar-refractivity contribution < 1.29 is 9.50 Å². The Morgan fingerprint density at radius 3 is 2.71 bits per heavy atom. The van der Waals surface area contributed by atoms with Gasteiger partial charge in [0.25, 0.3) is 0 Å². The topological polar surface area (TPSA) is 56.0 Å². The van der Waals surface area contributed by atoms with Gasteiger partial charge in [-0.1, -0.05) is 6.07 Å². The lowest BCUT2D eigenvalue weighted by atomic mass is 10.1. The van der Waals surface area contributed by atoms with Crippen molar-refractivity contribution in [2.75, 3.05) is 6.54 Å². The van der Waals surface area contributed by atoms with E-state index in [9.17, 15) is 4.39 Å². The predicted octanol–water partition coefficient (Wildman–Crippen LogP) is 2.12. The Labute approximate surface area is 101 Å². The molecule has 0 bridgehead atoms. The first-order valence-corrected chi connectivity index (χ1v) is 5.65. The van der Waals surface area contributed by atoms with Crippen molar-refractivity contribution in [3.8, 4) is 6.07 Å². The Balaban J connectivity index is 2.63. The van der Waals surface area contributed by atoms with E-state index in [4.69, 9.17) is 10.4 Å². The van der Waals surface area contributed by atoms with E-state index in [2.05, 4.69) is 5.32 Å². The molecule has 2 unspecified atom stereocenters. The highest BCUT2D eigenvalue weighted by Crippen LogP contribution is 2.17. The molecule has 0 heterocycles. The molecule has 0 spiro atoms. The lowest BCUT2D eigenvalue weighted by Crippen LogP contribution is -2.23. The number of rotatable bonds is 5. The molecule has 0 saturated heterocycles. The number of halogens is 1. The summed E-state index contributed by atoms with van der Waals surface area (Å²) >= 11 is 0. The molecule has 3 nitrogen and oxygen atoms in total. The molecule has 1 aromatic rings. The molecule has 2 N–H and O–H groups in total. The molecule has 0 aliphatic heterocycles. The summed E-state index contributed by atoms with van der Waals surface area (Å²) in [6, 6.07) is 6.22. The Bertz CT molecular complexity index is 412. The third-order valence-electron chi connectivity index (χ3n) is 2.61. The van der Waals surface area contributed by atoms with Crippen LogP contribution in [0.2, 0.25) is 0 Å². The van der Waals surface area contributed by atoms with Crippen molar-refractivity contribution in [3.63, 3.8) is 0 Å². The third kappa shape index (κ3) is 4.14. The fourth-order valence-electron chi connectivity index (χ4n) is 1.57. The van der Waals surface area contributed by atoms with Crippen LogP contribution in [0.5, 0.6) is 0 Å². The maximum atomic E-state index is 13.6. The highest BCUT2D eigenvalue weighted by Gasteiger charge is 2.11. The Morgan fingerprint density at radius 2 is 2.18 bits per heavy atom. The second kappa shape index (κ2) is 6.33. The van der Waals surface area contributed by atoms with Crippen molar-refractivity contribution in [1.29, 1.82) is 5.26 Å². The fraction of sp³-hybridized carbons (Fsp3) is 0.462. The Kier molecular flexibility index (Phi) is 5.08. The van der Waals surface area contributed by atoms with Crippen molar-refractivity contribution >= 4 is 0 Å². The summed E-state index contributed by atoms with van der Waals surface area (Å²) in [5.41, 5.74) is 0.858. The zero-order valence-electron chi connectivity index (χ0n) is 10.1. The molecule has 0 fully saturated rings.